The van der Waals surface area contributed by atoms with E-state index in [1.165, 1.54) is 12.8 Å². The predicted molar refractivity (Wildman–Crippen MR) is 61.0 cm³/mol. The Labute approximate surface area is 97.2 Å². The number of H-pyrrole nitrogens is 1. The minimum Gasteiger partial charge on any atom is -0.340 e. The topological polar surface area (TPSA) is 49.0 Å². The number of hydrogen-bond acceptors (Lipinski definition) is 2. The summed E-state index contributed by atoms with van der Waals surface area (Å²) in [5, 5.41) is 6.46. The summed E-state index contributed by atoms with van der Waals surface area (Å²) in [5.41, 5.74) is 0.562. The second-order valence-corrected chi connectivity index (χ2v) is 5.39. The number of alkyl halides is 1. The van der Waals surface area contributed by atoms with Gasteiger partial charge in [-0.2, -0.15) is 5.10 Å². The van der Waals surface area contributed by atoms with Gasteiger partial charge in [-0.15, -0.1) is 0 Å². The number of aromatic nitrogens is 2. The first-order chi connectivity index (χ1) is 7.16. The molecule has 0 atom stereocenters. The third kappa shape index (κ3) is 2.40. The molecule has 1 aliphatic carbocycles. The highest BCUT2D eigenvalue weighted by Crippen LogP contribution is 2.33. The van der Waals surface area contributed by atoms with Crippen molar-refractivity contribution in [1.82, 2.24) is 15.1 Å². The first-order valence-corrected chi connectivity index (χ1v) is 5.97. The molecule has 1 fully saturated rings. The first kappa shape index (κ1) is 10.7. The zero-order valence-electron chi connectivity index (χ0n) is 8.61. The number of rotatable bonds is 3. The highest BCUT2D eigenvalue weighted by molar-refractivity contribution is 9.09. The van der Waals surface area contributed by atoms with Crippen molar-refractivity contribution < 1.29 is 4.79 Å². The number of nitrogens with one attached hydrogen (secondary N) is 1. The zero-order valence-corrected chi connectivity index (χ0v) is 10.2. The van der Waals surface area contributed by atoms with Gasteiger partial charge in [0.2, 0.25) is 0 Å². The minimum atomic E-state index is 0.0190. The average molecular weight is 272 g/mol. The van der Waals surface area contributed by atoms with Crippen LogP contribution in [0, 0.1) is 5.92 Å². The molecule has 0 saturated heterocycles. The molecular formula is C10H14BrN3O. The molecule has 0 radical (unpaired) electrons. The van der Waals surface area contributed by atoms with Crippen molar-refractivity contribution in [1.29, 1.82) is 0 Å². The van der Waals surface area contributed by atoms with Crippen molar-refractivity contribution in [2.24, 2.45) is 5.92 Å². The van der Waals surface area contributed by atoms with Crippen LogP contribution >= 0.6 is 15.9 Å². The Hall–Kier alpha value is -0.840. The molecule has 5 heteroatoms. The molecule has 1 aromatic heterocycles. The van der Waals surface area contributed by atoms with Crippen LogP contribution in [0.3, 0.4) is 0 Å². The van der Waals surface area contributed by atoms with E-state index in [0.717, 1.165) is 6.54 Å². The summed E-state index contributed by atoms with van der Waals surface area (Å²) in [4.78, 5) is 14.2. The summed E-state index contributed by atoms with van der Waals surface area (Å²) in [7, 11) is 1.84. The van der Waals surface area contributed by atoms with Crippen LogP contribution in [0.15, 0.2) is 12.3 Å². The largest absolute Gasteiger partial charge is 0.340 e. The summed E-state index contributed by atoms with van der Waals surface area (Å²) in [6.45, 7) is 0.833. The molecule has 1 aromatic rings. The van der Waals surface area contributed by atoms with Gasteiger partial charge in [0.15, 0.2) is 0 Å². The molecule has 1 amide bonds. The van der Waals surface area contributed by atoms with E-state index in [1.807, 2.05) is 7.05 Å². The van der Waals surface area contributed by atoms with Crippen LogP contribution in [0.2, 0.25) is 0 Å². The lowest BCUT2D eigenvalue weighted by Crippen LogP contribution is -2.37. The van der Waals surface area contributed by atoms with E-state index in [2.05, 4.69) is 26.1 Å². The molecule has 2 rings (SSSR count). The maximum atomic E-state index is 11.8. The molecule has 0 aromatic carbocycles. The number of hydrogen-bond donors (Lipinski definition) is 1. The van der Waals surface area contributed by atoms with Gasteiger partial charge in [0.25, 0.3) is 5.91 Å². The highest BCUT2D eigenvalue weighted by atomic mass is 79.9. The van der Waals surface area contributed by atoms with Crippen molar-refractivity contribution >= 4 is 21.8 Å². The van der Waals surface area contributed by atoms with Gasteiger partial charge in [-0.25, -0.2) is 0 Å². The normalized spacial score (nSPS) is 24.7. The fourth-order valence-corrected chi connectivity index (χ4v) is 2.91. The van der Waals surface area contributed by atoms with Crippen LogP contribution in [0.25, 0.3) is 0 Å². The van der Waals surface area contributed by atoms with E-state index in [-0.39, 0.29) is 5.91 Å². The predicted octanol–water partition coefficient (Wildman–Crippen LogP) is 1.66. The SMILES string of the molecule is CN(CC1CC(Br)C1)C(=O)c1ccn[nH]1. The lowest BCUT2D eigenvalue weighted by Gasteiger charge is -2.34. The van der Waals surface area contributed by atoms with Crippen molar-refractivity contribution in [3.63, 3.8) is 0 Å². The molecule has 1 saturated carbocycles. The molecule has 1 N–H and O–H groups in total. The van der Waals surface area contributed by atoms with Crippen LogP contribution in [-0.4, -0.2) is 39.4 Å². The minimum absolute atomic E-state index is 0.0190. The molecular weight excluding hydrogens is 258 g/mol. The van der Waals surface area contributed by atoms with E-state index >= 15 is 0 Å². The average Bonchev–Trinajstić information content (AvgIpc) is 2.66. The summed E-state index contributed by atoms with van der Waals surface area (Å²) >= 11 is 3.55. The van der Waals surface area contributed by atoms with E-state index in [1.54, 1.807) is 17.2 Å². The number of amides is 1. The monoisotopic (exact) mass is 271 g/mol. The highest BCUT2D eigenvalue weighted by Gasteiger charge is 2.29. The van der Waals surface area contributed by atoms with Gasteiger partial charge < -0.3 is 4.90 Å². The van der Waals surface area contributed by atoms with Crippen molar-refractivity contribution in [2.45, 2.75) is 17.7 Å². The number of halogens is 1. The molecule has 15 heavy (non-hydrogen) atoms. The smallest absolute Gasteiger partial charge is 0.271 e. The van der Waals surface area contributed by atoms with Crippen molar-refractivity contribution in [3.05, 3.63) is 18.0 Å². The van der Waals surface area contributed by atoms with Crippen LogP contribution in [0.4, 0.5) is 0 Å². The molecule has 1 aliphatic rings. The van der Waals surface area contributed by atoms with Gasteiger partial charge in [-0.3, -0.25) is 9.89 Å². The molecule has 1 heterocycles. The van der Waals surface area contributed by atoms with Gasteiger partial charge in [0.05, 0.1) is 0 Å². The number of carbonyl (C=O) groups excluding carboxylic acids is 1. The van der Waals surface area contributed by atoms with Gasteiger partial charge in [0.1, 0.15) is 5.69 Å². The summed E-state index contributed by atoms with van der Waals surface area (Å²) in [6.07, 6.45) is 3.93. The Morgan fingerprint density at radius 1 is 1.73 bits per heavy atom. The van der Waals surface area contributed by atoms with E-state index in [0.29, 0.717) is 16.4 Å². The van der Waals surface area contributed by atoms with Gasteiger partial charge >= 0.3 is 0 Å². The third-order valence-electron chi connectivity index (χ3n) is 2.79. The third-order valence-corrected chi connectivity index (χ3v) is 3.54. The van der Waals surface area contributed by atoms with Crippen LogP contribution in [0.5, 0.6) is 0 Å². The molecule has 0 spiro atoms. The molecule has 82 valence electrons. The second-order valence-electron chi connectivity index (χ2n) is 4.09. The quantitative estimate of drug-likeness (QED) is 0.851. The van der Waals surface area contributed by atoms with Crippen molar-refractivity contribution in [3.8, 4) is 0 Å². The fourth-order valence-electron chi connectivity index (χ4n) is 1.85. The van der Waals surface area contributed by atoms with Gasteiger partial charge in [-0.1, -0.05) is 15.9 Å². The number of carbonyl (C=O) groups is 1. The van der Waals surface area contributed by atoms with E-state index < -0.39 is 0 Å². The molecule has 4 nitrogen and oxygen atoms in total. The molecule has 0 bridgehead atoms. The van der Waals surface area contributed by atoms with Gasteiger partial charge in [0, 0.05) is 24.6 Å². The lowest BCUT2D eigenvalue weighted by atomic mass is 9.85. The van der Waals surface area contributed by atoms with Gasteiger partial charge in [-0.05, 0) is 24.8 Å². The van der Waals surface area contributed by atoms with Crippen LogP contribution in [-0.2, 0) is 0 Å². The summed E-state index contributed by atoms with van der Waals surface area (Å²) in [5.74, 6) is 0.664. The number of aromatic amines is 1. The summed E-state index contributed by atoms with van der Waals surface area (Å²) < 4.78 is 0. The maximum Gasteiger partial charge on any atom is 0.271 e. The fraction of sp³-hybridized carbons (Fsp3) is 0.600. The molecule has 0 unspecified atom stereocenters. The molecule has 0 aliphatic heterocycles. The first-order valence-electron chi connectivity index (χ1n) is 5.05. The van der Waals surface area contributed by atoms with E-state index in [4.69, 9.17) is 0 Å². The second kappa shape index (κ2) is 4.35. The van der Waals surface area contributed by atoms with Crippen LogP contribution < -0.4 is 0 Å². The lowest BCUT2D eigenvalue weighted by molar-refractivity contribution is 0.0743. The van der Waals surface area contributed by atoms with Crippen molar-refractivity contribution in [2.75, 3.05) is 13.6 Å². The Morgan fingerprint density at radius 3 is 3.00 bits per heavy atom. The Bertz CT molecular complexity index is 332. The zero-order chi connectivity index (χ0) is 10.8. The van der Waals surface area contributed by atoms with Crippen LogP contribution in [0.1, 0.15) is 23.3 Å². The summed E-state index contributed by atoms with van der Waals surface area (Å²) in [6, 6.07) is 1.70. The number of nitrogens with zero attached hydrogens (tertiary/aromatic N) is 2. The Morgan fingerprint density at radius 2 is 2.47 bits per heavy atom. The Kier molecular flexibility index (Phi) is 3.09. The maximum absolute atomic E-state index is 11.8. The standard InChI is InChI=1S/C10H14BrN3O/c1-14(6-7-4-8(11)5-7)10(15)9-2-3-12-13-9/h2-3,7-8H,4-6H2,1H3,(H,12,13). The van der Waals surface area contributed by atoms with E-state index in [9.17, 15) is 4.79 Å². The Balaban J connectivity index is 1.86.